The molecule has 1 fully saturated rings. The van der Waals surface area contributed by atoms with Crippen LogP contribution < -0.4 is 63.8 Å². The number of hydrogen-bond donors (Lipinski definition) is 25. The third-order valence-electron chi connectivity index (χ3n) is 8.67. The van der Waals surface area contributed by atoms with Crippen LogP contribution in [0.15, 0.2) is 0 Å². The number of aliphatic hydroxyl groups excluding tert-OH is 19. The van der Waals surface area contributed by atoms with E-state index in [1.165, 1.54) is 0 Å². The summed E-state index contributed by atoms with van der Waals surface area (Å²) in [5.41, 5.74) is 14.5. The summed E-state index contributed by atoms with van der Waals surface area (Å²) in [6, 6.07) is 0. The maximum atomic E-state index is 13.9. The number of halogens is 1. The van der Waals surface area contributed by atoms with E-state index in [9.17, 15) is 52.6 Å². The number of quaternary nitrogens is 6. The Kier molecular flexibility index (Phi) is 45.5. The number of rotatable bonds is 24. The molecule has 1 aliphatic carbocycles. The van der Waals surface area contributed by atoms with Crippen molar-refractivity contribution >= 4 is 23.5 Å². The largest absolute Gasteiger partial charge is 0.790 e. The van der Waals surface area contributed by atoms with E-state index in [-0.39, 0.29) is 119 Å². The highest BCUT2D eigenvalue weighted by atomic mass is 31.2. The van der Waals surface area contributed by atoms with Crippen molar-refractivity contribution in [1.82, 2.24) is 0 Å². The van der Waals surface area contributed by atoms with Gasteiger partial charge < -0.3 is 188 Å². The van der Waals surface area contributed by atoms with Crippen LogP contribution in [0.2, 0.25) is 0 Å². The molecule has 0 aromatic heterocycles. The van der Waals surface area contributed by atoms with E-state index in [0.717, 1.165) is 0 Å². The van der Waals surface area contributed by atoms with Crippen molar-refractivity contribution in [2.75, 3.05) is 119 Å². The third kappa shape index (κ3) is 40.2. The second-order valence-electron chi connectivity index (χ2n) is 16.2. The molecule has 37 nitrogen and oxygen atoms in total. The second kappa shape index (κ2) is 39.6. The molecule has 438 valence electrons. The van der Waals surface area contributed by atoms with Crippen LogP contribution in [0, 0.1) is 0 Å². The number of hydrogen-bond acceptors (Lipinski definition) is 31. The first-order valence-electron chi connectivity index (χ1n) is 19.7. The molecule has 5 atom stereocenters. The summed E-state index contributed by atoms with van der Waals surface area (Å²) >= 11 is 0. The monoisotopic (exact) mass is 1130 g/mol. The molecule has 71 heavy (non-hydrogen) atoms. The fourth-order valence-electron chi connectivity index (χ4n) is 2.82. The Balaban J connectivity index is -0.000000186. The molecule has 0 saturated heterocycles. The van der Waals surface area contributed by atoms with Gasteiger partial charge in [-0.1, -0.05) is 0 Å². The van der Waals surface area contributed by atoms with Gasteiger partial charge in [0.05, 0.1) is 35.7 Å². The minimum Gasteiger partial charge on any atom is -0.790 e. The Morgan fingerprint density at radius 1 is 0.366 bits per heavy atom. The Hall–Kier alpha value is -0.740. The number of alkyl halides is 1. The second-order valence-corrected chi connectivity index (χ2v) is 19.5. The SMILES string of the molecule is O=P([O-])([O-])O[C@@H]1[C@@H](F)[C@@H](O)[C@@H](OP(=O)([O-])[O-])C[C@H]1OP(=O)([O-])[O-].[NH3+]C(CO)(CO)CO.[NH3+]C(CO)(CO)CO.[NH3+]C(CO)(CO)CO.[NH3+]C(CO)(CO)CO.[NH3+]C(CO)(CO)CO.[NH3+]C(CO)(CO)CO. The van der Waals surface area contributed by atoms with Gasteiger partial charge in [0.2, 0.25) is 0 Å². The molecule has 1 aliphatic rings. The Bertz CT molecular complexity index is 1230. The zero-order valence-corrected chi connectivity index (χ0v) is 41.4. The molecule has 41 heteroatoms. The minimum absolute atomic E-state index is 0.292. The fraction of sp³-hybridized carbons (Fsp3) is 1.00. The summed E-state index contributed by atoms with van der Waals surface area (Å²) in [5.74, 6) is 0. The third-order valence-corrected chi connectivity index (χ3v) is 10.2. The molecular weight excluding hydrogens is 1050 g/mol. The van der Waals surface area contributed by atoms with E-state index in [2.05, 4.69) is 48.0 Å². The fourth-order valence-corrected chi connectivity index (χ4v) is 4.45. The first-order chi connectivity index (χ1) is 32.2. The maximum absolute atomic E-state index is 13.9. The Morgan fingerprint density at radius 2 is 0.521 bits per heavy atom. The lowest BCUT2D eigenvalue weighted by Gasteiger charge is -2.48. The lowest BCUT2D eigenvalue weighted by Crippen LogP contribution is -2.78. The van der Waals surface area contributed by atoms with Gasteiger partial charge in [-0.2, -0.15) is 0 Å². The van der Waals surface area contributed by atoms with Crippen LogP contribution in [0.5, 0.6) is 0 Å². The molecule has 37 N–H and O–H groups in total. The van der Waals surface area contributed by atoms with Crippen molar-refractivity contribution in [2.24, 2.45) is 0 Å². The van der Waals surface area contributed by atoms with Gasteiger partial charge in [-0.15, -0.1) is 0 Å². The van der Waals surface area contributed by atoms with Crippen molar-refractivity contribution in [3.63, 3.8) is 0 Å². The highest BCUT2D eigenvalue weighted by molar-refractivity contribution is 7.43. The van der Waals surface area contributed by atoms with Gasteiger partial charge in [0.25, 0.3) is 0 Å². The van der Waals surface area contributed by atoms with Gasteiger partial charge in [-0.25, -0.2) is 4.39 Å². The van der Waals surface area contributed by atoms with Crippen LogP contribution in [-0.4, -0.2) is 280 Å². The summed E-state index contributed by atoms with van der Waals surface area (Å²) in [7, 11) is -17.5. The highest BCUT2D eigenvalue weighted by Gasteiger charge is 2.48. The summed E-state index contributed by atoms with van der Waals surface area (Å²) in [5, 5.41) is 161. The van der Waals surface area contributed by atoms with E-state index in [1.54, 1.807) is 0 Å². The van der Waals surface area contributed by atoms with E-state index in [4.69, 9.17) is 91.9 Å². The Morgan fingerprint density at radius 3 is 0.648 bits per heavy atom. The zero-order valence-electron chi connectivity index (χ0n) is 38.7. The number of phosphoric acid groups is 3. The summed E-state index contributed by atoms with van der Waals surface area (Å²) in [6.45, 7) is -5.25. The van der Waals surface area contributed by atoms with Crippen LogP contribution in [0.1, 0.15) is 6.42 Å². The van der Waals surface area contributed by atoms with Crippen molar-refractivity contribution < 1.29 is 192 Å². The van der Waals surface area contributed by atoms with Gasteiger partial charge in [0.1, 0.15) is 131 Å². The summed E-state index contributed by atoms with van der Waals surface area (Å²) < 4.78 is 56.7. The predicted octanol–water partition coefficient (Wildman–Crippen LogP) is -23.6. The number of aliphatic hydroxyl groups is 19. The quantitative estimate of drug-likeness (QED) is 0.0399. The predicted molar refractivity (Wildman–Crippen MR) is 214 cm³/mol. The standard InChI is InChI=1S/C6H14FO13P3.6C4H11NO3/c7-4-5(8)2(18-21(9,10)11)1-3(19-22(12,13)14)6(4)20-23(15,16)17;6*5-4(1-6,2-7)3-8/h2-6,8H,1H2,(H2,9,10,11)(H2,12,13,14)(H2,15,16,17);6*6-8H,1-3,5H2/t2-,3+,4-,5-,6-;;;;;;/m0....../s1. The maximum Gasteiger partial charge on any atom is 0.164 e. The smallest absolute Gasteiger partial charge is 0.164 e. The topological polar surface area (TPSA) is 767 Å². The molecule has 0 radical (unpaired) electrons. The van der Waals surface area contributed by atoms with E-state index in [0.29, 0.717) is 0 Å². The van der Waals surface area contributed by atoms with Gasteiger partial charge in [0, 0.05) is 6.42 Å². The molecular formula is C30H80FN6O31P3. The lowest BCUT2D eigenvalue weighted by atomic mass is 9.88. The van der Waals surface area contributed by atoms with Crippen molar-refractivity contribution in [3.8, 4) is 0 Å². The van der Waals surface area contributed by atoms with Crippen LogP contribution in [0.4, 0.5) is 4.39 Å². The minimum atomic E-state index is -5.91. The molecule has 0 spiro atoms. The Labute approximate surface area is 404 Å². The molecule has 0 heterocycles. The lowest BCUT2D eigenvalue weighted by molar-refractivity contribution is -0.495. The van der Waals surface area contributed by atoms with Gasteiger partial charge in [-0.05, 0) is 0 Å². The molecule has 0 aromatic rings. The van der Waals surface area contributed by atoms with Gasteiger partial charge in [-0.3, -0.25) is 0 Å². The average Bonchev–Trinajstić information content (AvgIpc) is 3.35. The van der Waals surface area contributed by atoms with Gasteiger partial charge in [0.15, 0.2) is 39.4 Å². The van der Waals surface area contributed by atoms with Crippen molar-refractivity contribution in [3.05, 3.63) is 0 Å². The average molecular weight is 1130 g/mol. The summed E-state index contributed by atoms with van der Waals surface area (Å²) in [6.07, 6.45) is -13.6. The number of phosphoric ester groups is 3. The van der Waals surface area contributed by atoms with Crippen molar-refractivity contribution in [1.29, 1.82) is 0 Å². The molecule has 0 aromatic carbocycles. The van der Waals surface area contributed by atoms with Gasteiger partial charge >= 0.3 is 0 Å². The van der Waals surface area contributed by atoms with Crippen LogP contribution in [0.3, 0.4) is 0 Å². The summed E-state index contributed by atoms with van der Waals surface area (Å²) in [4.78, 5) is 63.1. The van der Waals surface area contributed by atoms with E-state index >= 15 is 0 Å². The van der Waals surface area contributed by atoms with Crippen LogP contribution in [-0.2, 0) is 27.3 Å². The molecule has 0 bridgehead atoms. The van der Waals surface area contributed by atoms with E-state index in [1.807, 2.05) is 0 Å². The van der Waals surface area contributed by atoms with Crippen molar-refractivity contribution in [2.45, 2.75) is 70.2 Å². The zero-order chi connectivity index (χ0) is 57.9. The highest BCUT2D eigenvalue weighted by Crippen LogP contribution is 2.43. The molecule has 1 saturated carbocycles. The molecule has 1 rings (SSSR count). The van der Waals surface area contributed by atoms with E-state index < -0.39 is 93.7 Å². The normalized spacial score (nSPS) is 19.0. The van der Waals surface area contributed by atoms with Crippen LogP contribution >= 0.6 is 23.5 Å². The molecule has 0 aliphatic heterocycles. The first kappa shape index (κ1) is 81.6. The first-order valence-corrected chi connectivity index (χ1v) is 24.1. The molecule has 0 unspecified atom stereocenters. The van der Waals surface area contributed by atoms with Crippen LogP contribution in [0.25, 0.3) is 0 Å². The molecule has 0 amide bonds.